The van der Waals surface area contributed by atoms with Crippen LogP contribution in [-0.4, -0.2) is 18.4 Å². The molecule has 0 unspecified atom stereocenters. The maximum Gasteiger partial charge on any atom is 0.262 e. The number of carbonyl (C=O) groups is 2. The highest BCUT2D eigenvalue weighted by Crippen LogP contribution is 2.12. The zero-order valence-corrected chi connectivity index (χ0v) is 14.7. The van der Waals surface area contributed by atoms with Gasteiger partial charge in [-0.1, -0.05) is 54.6 Å². The Bertz CT molecular complexity index is 896. The molecular formula is C22H20N2O3. The second-order valence-electron chi connectivity index (χ2n) is 5.90. The summed E-state index contributed by atoms with van der Waals surface area (Å²) in [4.78, 5) is 24.4. The summed E-state index contributed by atoms with van der Waals surface area (Å²) in [7, 11) is 0. The molecule has 3 rings (SSSR count). The van der Waals surface area contributed by atoms with Gasteiger partial charge in [-0.15, -0.1) is 0 Å². The summed E-state index contributed by atoms with van der Waals surface area (Å²) in [6, 6.07) is 25.6. The SMILES string of the molecule is O=C(COc1ccccc1)Nc1cccc(C(=O)NCc2ccccc2)c1. The lowest BCUT2D eigenvalue weighted by molar-refractivity contribution is -0.118. The van der Waals surface area contributed by atoms with E-state index >= 15 is 0 Å². The molecule has 0 aliphatic carbocycles. The van der Waals surface area contributed by atoms with E-state index < -0.39 is 0 Å². The molecule has 0 saturated carbocycles. The molecule has 3 aromatic carbocycles. The van der Waals surface area contributed by atoms with E-state index in [1.165, 1.54) is 0 Å². The summed E-state index contributed by atoms with van der Waals surface area (Å²) >= 11 is 0. The number of anilines is 1. The molecule has 3 aromatic rings. The monoisotopic (exact) mass is 360 g/mol. The van der Waals surface area contributed by atoms with Gasteiger partial charge in [0, 0.05) is 17.8 Å². The van der Waals surface area contributed by atoms with Gasteiger partial charge in [-0.25, -0.2) is 0 Å². The Morgan fingerprint density at radius 3 is 2.26 bits per heavy atom. The largest absolute Gasteiger partial charge is 0.484 e. The average Bonchev–Trinajstić information content (AvgIpc) is 2.72. The van der Waals surface area contributed by atoms with Crippen molar-refractivity contribution < 1.29 is 14.3 Å². The Hall–Kier alpha value is -3.60. The number of hydrogen-bond acceptors (Lipinski definition) is 3. The molecule has 0 bridgehead atoms. The van der Waals surface area contributed by atoms with E-state index in [1.54, 1.807) is 36.4 Å². The predicted molar refractivity (Wildman–Crippen MR) is 105 cm³/mol. The summed E-state index contributed by atoms with van der Waals surface area (Å²) < 4.78 is 5.41. The van der Waals surface area contributed by atoms with E-state index in [0.29, 0.717) is 23.5 Å². The quantitative estimate of drug-likeness (QED) is 0.676. The molecule has 2 N–H and O–H groups in total. The Kier molecular flexibility index (Phi) is 6.20. The van der Waals surface area contributed by atoms with Crippen LogP contribution >= 0.6 is 0 Å². The summed E-state index contributed by atoms with van der Waals surface area (Å²) in [5.41, 5.74) is 2.05. The van der Waals surface area contributed by atoms with Crippen molar-refractivity contribution in [3.05, 3.63) is 96.1 Å². The van der Waals surface area contributed by atoms with Gasteiger partial charge >= 0.3 is 0 Å². The highest BCUT2D eigenvalue weighted by atomic mass is 16.5. The van der Waals surface area contributed by atoms with Gasteiger partial charge in [0.25, 0.3) is 11.8 Å². The van der Waals surface area contributed by atoms with Crippen molar-refractivity contribution >= 4 is 17.5 Å². The molecule has 0 aromatic heterocycles. The molecule has 5 heteroatoms. The highest BCUT2D eigenvalue weighted by molar-refractivity contribution is 5.97. The van der Waals surface area contributed by atoms with Gasteiger partial charge in [0.2, 0.25) is 0 Å². The molecule has 136 valence electrons. The van der Waals surface area contributed by atoms with Crippen molar-refractivity contribution in [2.45, 2.75) is 6.54 Å². The van der Waals surface area contributed by atoms with Gasteiger partial charge in [0.1, 0.15) is 5.75 Å². The third kappa shape index (κ3) is 5.71. The van der Waals surface area contributed by atoms with Crippen molar-refractivity contribution in [1.29, 1.82) is 0 Å². The first kappa shape index (κ1) is 18.2. The minimum absolute atomic E-state index is 0.103. The van der Waals surface area contributed by atoms with Crippen molar-refractivity contribution in [1.82, 2.24) is 5.32 Å². The zero-order chi connectivity index (χ0) is 18.9. The van der Waals surface area contributed by atoms with E-state index in [4.69, 9.17) is 4.74 Å². The second kappa shape index (κ2) is 9.20. The highest BCUT2D eigenvalue weighted by Gasteiger charge is 2.08. The van der Waals surface area contributed by atoms with Crippen LogP contribution in [0.5, 0.6) is 5.75 Å². The van der Waals surface area contributed by atoms with Crippen molar-refractivity contribution in [3.8, 4) is 5.75 Å². The van der Waals surface area contributed by atoms with E-state index in [1.807, 2.05) is 48.5 Å². The molecule has 0 fully saturated rings. The van der Waals surface area contributed by atoms with E-state index in [0.717, 1.165) is 5.56 Å². The van der Waals surface area contributed by atoms with Crippen molar-refractivity contribution in [2.75, 3.05) is 11.9 Å². The molecule has 0 atom stereocenters. The Morgan fingerprint density at radius 2 is 1.52 bits per heavy atom. The lowest BCUT2D eigenvalue weighted by atomic mass is 10.1. The fourth-order valence-electron chi connectivity index (χ4n) is 2.48. The first-order valence-corrected chi connectivity index (χ1v) is 8.60. The number of nitrogens with one attached hydrogen (secondary N) is 2. The van der Waals surface area contributed by atoms with Crippen LogP contribution in [0, 0.1) is 0 Å². The minimum Gasteiger partial charge on any atom is -0.484 e. The summed E-state index contributed by atoms with van der Waals surface area (Å²) in [6.07, 6.45) is 0. The van der Waals surface area contributed by atoms with Crippen LogP contribution in [0.25, 0.3) is 0 Å². The van der Waals surface area contributed by atoms with Crippen LogP contribution in [0.3, 0.4) is 0 Å². The number of carbonyl (C=O) groups excluding carboxylic acids is 2. The van der Waals surface area contributed by atoms with E-state index in [-0.39, 0.29) is 18.4 Å². The van der Waals surface area contributed by atoms with E-state index in [2.05, 4.69) is 10.6 Å². The van der Waals surface area contributed by atoms with Crippen LogP contribution in [0.15, 0.2) is 84.9 Å². The number of para-hydroxylation sites is 1. The fraction of sp³-hybridized carbons (Fsp3) is 0.0909. The van der Waals surface area contributed by atoms with E-state index in [9.17, 15) is 9.59 Å². The summed E-state index contributed by atoms with van der Waals surface area (Å²) in [5, 5.41) is 5.60. The Morgan fingerprint density at radius 1 is 0.815 bits per heavy atom. The van der Waals surface area contributed by atoms with Crippen LogP contribution in [0.2, 0.25) is 0 Å². The van der Waals surface area contributed by atoms with Crippen molar-refractivity contribution in [2.24, 2.45) is 0 Å². The molecular weight excluding hydrogens is 340 g/mol. The number of benzene rings is 3. The lowest BCUT2D eigenvalue weighted by Gasteiger charge is -2.09. The number of amides is 2. The Balaban J connectivity index is 1.53. The molecule has 0 saturated heterocycles. The molecule has 2 amide bonds. The first-order chi connectivity index (χ1) is 13.2. The van der Waals surface area contributed by atoms with Gasteiger partial charge in [0.15, 0.2) is 6.61 Å². The second-order valence-corrected chi connectivity index (χ2v) is 5.90. The third-order valence-corrected chi connectivity index (χ3v) is 3.82. The van der Waals surface area contributed by atoms with Gasteiger partial charge in [-0.3, -0.25) is 9.59 Å². The maximum absolute atomic E-state index is 12.3. The molecule has 0 aliphatic rings. The van der Waals surface area contributed by atoms with Crippen molar-refractivity contribution in [3.63, 3.8) is 0 Å². The first-order valence-electron chi connectivity index (χ1n) is 8.60. The van der Waals surface area contributed by atoms with Gasteiger partial charge in [-0.05, 0) is 35.9 Å². The average molecular weight is 360 g/mol. The minimum atomic E-state index is -0.291. The van der Waals surface area contributed by atoms with Crippen LogP contribution in [0.4, 0.5) is 5.69 Å². The van der Waals surface area contributed by atoms with Crippen LogP contribution in [0.1, 0.15) is 15.9 Å². The molecule has 0 spiro atoms. The summed E-state index contributed by atoms with van der Waals surface area (Å²) in [5.74, 6) is 0.137. The summed E-state index contributed by atoms with van der Waals surface area (Å²) in [6.45, 7) is 0.343. The fourth-order valence-corrected chi connectivity index (χ4v) is 2.48. The number of hydrogen-bond donors (Lipinski definition) is 2. The molecule has 27 heavy (non-hydrogen) atoms. The molecule has 0 radical (unpaired) electrons. The molecule has 0 aliphatic heterocycles. The maximum atomic E-state index is 12.3. The third-order valence-electron chi connectivity index (χ3n) is 3.82. The van der Waals surface area contributed by atoms with Gasteiger partial charge < -0.3 is 15.4 Å². The topological polar surface area (TPSA) is 67.4 Å². The van der Waals surface area contributed by atoms with Crippen LogP contribution in [-0.2, 0) is 11.3 Å². The Labute approximate surface area is 158 Å². The number of ether oxygens (including phenoxy) is 1. The molecule has 0 heterocycles. The predicted octanol–water partition coefficient (Wildman–Crippen LogP) is 3.63. The zero-order valence-electron chi connectivity index (χ0n) is 14.7. The smallest absolute Gasteiger partial charge is 0.262 e. The lowest BCUT2D eigenvalue weighted by Crippen LogP contribution is -2.23. The van der Waals surface area contributed by atoms with Gasteiger partial charge in [0.05, 0.1) is 0 Å². The standard InChI is InChI=1S/C22H20N2O3/c25-21(16-27-20-12-5-2-6-13-20)24-19-11-7-10-18(14-19)22(26)23-15-17-8-3-1-4-9-17/h1-14H,15-16H2,(H,23,26)(H,24,25). The van der Waals surface area contributed by atoms with Gasteiger partial charge in [-0.2, -0.15) is 0 Å². The normalized spacial score (nSPS) is 10.1. The number of rotatable bonds is 7. The molecule has 5 nitrogen and oxygen atoms in total. The van der Waals surface area contributed by atoms with Crippen LogP contribution < -0.4 is 15.4 Å².